The predicted octanol–water partition coefficient (Wildman–Crippen LogP) is 4.30. The second-order valence-electron chi connectivity index (χ2n) is 6.69. The minimum Gasteiger partial charge on any atom is -0.326 e. The molecule has 0 unspecified atom stereocenters. The van der Waals surface area contributed by atoms with Crippen LogP contribution in [0.4, 0.5) is 11.4 Å². The lowest BCUT2D eigenvalue weighted by Gasteiger charge is -2.22. The van der Waals surface area contributed by atoms with Crippen molar-refractivity contribution in [1.29, 1.82) is 0 Å². The molecule has 0 aromatic heterocycles. The highest BCUT2D eigenvalue weighted by Gasteiger charge is 2.14. The maximum Gasteiger partial charge on any atom is 0.226 e. The van der Waals surface area contributed by atoms with Crippen LogP contribution in [-0.2, 0) is 9.59 Å². The molecule has 4 heteroatoms. The third-order valence-electron chi connectivity index (χ3n) is 3.97. The van der Waals surface area contributed by atoms with Crippen LogP contribution in [0.1, 0.15) is 35.6 Å². The van der Waals surface area contributed by atoms with E-state index in [1.165, 1.54) is 6.92 Å². The van der Waals surface area contributed by atoms with E-state index in [9.17, 15) is 9.59 Å². The first-order chi connectivity index (χ1) is 11.7. The number of nitrogens with zero attached hydrogens (tertiary/aromatic N) is 1. The summed E-state index contributed by atoms with van der Waals surface area (Å²) in [6.07, 6.45) is 0.250. The van der Waals surface area contributed by atoms with E-state index in [1.54, 1.807) is 4.90 Å². The van der Waals surface area contributed by atoms with Crippen molar-refractivity contribution in [3.8, 4) is 0 Å². The average molecular weight is 338 g/mol. The molecule has 0 bridgehead atoms. The fraction of sp³-hybridized carbons (Fsp3) is 0.333. The van der Waals surface area contributed by atoms with Gasteiger partial charge in [-0.2, -0.15) is 0 Å². The number of hydrogen-bond acceptors (Lipinski definition) is 2. The molecule has 0 aliphatic heterocycles. The van der Waals surface area contributed by atoms with Crippen molar-refractivity contribution in [2.45, 2.75) is 41.0 Å². The Hall–Kier alpha value is -2.62. The van der Waals surface area contributed by atoms with Crippen LogP contribution in [0, 0.1) is 27.7 Å². The number of nitrogens with one attached hydrogen (secondary N) is 1. The second kappa shape index (κ2) is 7.97. The van der Waals surface area contributed by atoms with Crippen LogP contribution in [0.15, 0.2) is 36.4 Å². The van der Waals surface area contributed by atoms with Gasteiger partial charge in [-0.25, -0.2) is 0 Å². The minimum atomic E-state index is -0.0966. The molecule has 4 nitrogen and oxygen atoms in total. The van der Waals surface area contributed by atoms with Crippen molar-refractivity contribution < 1.29 is 9.59 Å². The molecule has 2 aromatic rings. The maximum absolute atomic E-state index is 12.3. The van der Waals surface area contributed by atoms with Crippen LogP contribution in [0.5, 0.6) is 0 Å². The van der Waals surface area contributed by atoms with E-state index < -0.39 is 0 Å². The lowest BCUT2D eigenvalue weighted by Crippen LogP contribution is -2.32. The summed E-state index contributed by atoms with van der Waals surface area (Å²) < 4.78 is 0. The Bertz CT molecular complexity index is 756. The Kier molecular flexibility index (Phi) is 5.97. The normalized spacial score (nSPS) is 10.4. The number of benzene rings is 2. The SMILES string of the molecule is CC(=O)N(CCC(=O)Nc1cc(C)cc(C)c1)c1cc(C)cc(C)c1. The topological polar surface area (TPSA) is 49.4 Å². The van der Waals surface area contributed by atoms with Gasteiger partial charge in [0.25, 0.3) is 0 Å². The monoisotopic (exact) mass is 338 g/mol. The van der Waals surface area contributed by atoms with E-state index in [2.05, 4.69) is 17.4 Å². The summed E-state index contributed by atoms with van der Waals surface area (Å²) in [5.74, 6) is -0.162. The number of amides is 2. The van der Waals surface area contributed by atoms with Gasteiger partial charge in [0.15, 0.2) is 0 Å². The molecule has 0 aliphatic rings. The molecule has 0 saturated heterocycles. The van der Waals surface area contributed by atoms with Gasteiger partial charge in [0.05, 0.1) is 0 Å². The molecule has 2 rings (SSSR count). The molecule has 0 heterocycles. The molecule has 2 amide bonds. The summed E-state index contributed by atoms with van der Waals surface area (Å²) in [6, 6.07) is 11.9. The molecular formula is C21H26N2O2. The molecule has 0 atom stereocenters. The number of anilines is 2. The van der Waals surface area contributed by atoms with Crippen LogP contribution in [-0.4, -0.2) is 18.4 Å². The van der Waals surface area contributed by atoms with Gasteiger partial charge >= 0.3 is 0 Å². The van der Waals surface area contributed by atoms with Crippen molar-refractivity contribution in [3.63, 3.8) is 0 Å². The van der Waals surface area contributed by atoms with E-state index in [0.29, 0.717) is 6.54 Å². The second-order valence-corrected chi connectivity index (χ2v) is 6.69. The Morgan fingerprint density at radius 1 is 0.840 bits per heavy atom. The Morgan fingerprint density at radius 2 is 1.32 bits per heavy atom. The van der Waals surface area contributed by atoms with Crippen LogP contribution >= 0.6 is 0 Å². The van der Waals surface area contributed by atoms with Crippen molar-refractivity contribution in [1.82, 2.24) is 0 Å². The lowest BCUT2D eigenvalue weighted by molar-refractivity contribution is -0.117. The smallest absolute Gasteiger partial charge is 0.226 e. The Morgan fingerprint density at radius 3 is 1.80 bits per heavy atom. The van der Waals surface area contributed by atoms with E-state index in [4.69, 9.17) is 0 Å². The summed E-state index contributed by atoms with van der Waals surface area (Å²) in [4.78, 5) is 26.0. The summed E-state index contributed by atoms with van der Waals surface area (Å²) in [5, 5.41) is 2.92. The zero-order valence-electron chi connectivity index (χ0n) is 15.6. The van der Waals surface area contributed by atoms with Crippen LogP contribution in [0.2, 0.25) is 0 Å². The number of hydrogen-bond donors (Lipinski definition) is 1. The Balaban J connectivity index is 2.05. The molecule has 2 aromatic carbocycles. The summed E-state index contributed by atoms with van der Waals surface area (Å²) in [7, 11) is 0. The molecule has 0 radical (unpaired) electrons. The highest BCUT2D eigenvalue weighted by Crippen LogP contribution is 2.20. The number of carbonyl (C=O) groups excluding carboxylic acids is 2. The van der Waals surface area contributed by atoms with Gasteiger partial charge in [-0.05, 0) is 74.2 Å². The summed E-state index contributed by atoms with van der Waals surface area (Å²) >= 11 is 0. The number of aryl methyl sites for hydroxylation is 4. The van der Waals surface area contributed by atoms with Gasteiger partial charge in [-0.3, -0.25) is 9.59 Å². The molecule has 0 spiro atoms. The van der Waals surface area contributed by atoms with Gasteiger partial charge in [0.1, 0.15) is 0 Å². The summed E-state index contributed by atoms with van der Waals surface area (Å²) in [5.41, 5.74) is 6.04. The number of rotatable bonds is 5. The molecule has 25 heavy (non-hydrogen) atoms. The van der Waals surface area contributed by atoms with Crippen LogP contribution in [0.3, 0.4) is 0 Å². The maximum atomic E-state index is 12.3. The van der Waals surface area contributed by atoms with E-state index in [1.807, 2.05) is 52.0 Å². The fourth-order valence-electron chi connectivity index (χ4n) is 3.06. The van der Waals surface area contributed by atoms with E-state index in [-0.39, 0.29) is 18.2 Å². The standard InChI is InChI=1S/C21H26N2O2/c1-14-8-15(2)11-19(10-14)22-21(25)6-7-23(18(5)24)20-12-16(3)9-17(4)13-20/h8-13H,6-7H2,1-5H3,(H,22,25). The zero-order valence-corrected chi connectivity index (χ0v) is 15.6. The molecule has 132 valence electrons. The molecule has 0 fully saturated rings. The third kappa shape index (κ3) is 5.45. The lowest BCUT2D eigenvalue weighted by atomic mass is 10.1. The fourth-order valence-corrected chi connectivity index (χ4v) is 3.06. The van der Waals surface area contributed by atoms with Crippen molar-refractivity contribution in [2.24, 2.45) is 0 Å². The molecular weight excluding hydrogens is 312 g/mol. The predicted molar refractivity (Wildman–Crippen MR) is 103 cm³/mol. The highest BCUT2D eigenvalue weighted by atomic mass is 16.2. The Labute approximate surface area is 149 Å². The molecule has 1 N–H and O–H groups in total. The first-order valence-electron chi connectivity index (χ1n) is 8.49. The van der Waals surface area contributed by atoms with Crippen LogP contribution in [0.25, 0.3) is 0 Å². The van der Waals surface area contributed by atoms with Crippen molar-refractivity contribution in [2.75, 3.05) is 16.8 Å². The zero-order chi connectivity index (χ0) is 18.6. The van der Waals surface area contributed by atoms with Gasteiger partial charge < -0.3 is 10.2 Å². The minimum absolute atomic E-state index is 0.0656. The number of carbonyl (C=O) groups is 2. The summed E-state index contributed by atoms with van der Waals surface area (Å²) in [6.45, 7) is 9.89. The van der Waals surface area contributed by atoms with Gasteiger partial charge in [-0.15, -0.1) is 0 Å². The van der Waals surface area contributed by atoms with E-state index in [0.717, 1.165) is 33.6 Å². The van der Waals surface area contributed by atoms with Gasteiger partial charge in [-0.1, -0.05) is 12.1 Å². The van der Waals surface area contributed by atoms with Gasteiger partial charge in [0.2, 0.25) is 11.8 Å². The third-order valence-corrected chi connectivity index (χ3v) is 3.97. The first-order valence-corrected chi connectivity index (χ1v) is 8.49. The van der Waals surface area contributed by atoms with Crippen molar-refractivity contribution >= 4 is 23.2 Å². The molecule has 0 saturated carbocycles. The quantitative estimate of drug-likeness (QED) is 0.883. The van der Waals surface area contributed by atoms with E-state index >= 15 is 0 Å². The largest absolute Gasteiger partial charge is 0.326 e. The van der Waals surface area contributed by atoms with Gasteiger partial charge in [0, 0.05) is 31.3 Å². The molecule has 0 aliphatic carbocycles. The van der Waals surface area contributed by atoms with Crippen LogP contribution < -0.4 is 10.2 Å². The first kappa shape index (κ1) is 18.7. The average Bonchev–Trinajstić information content (AvgIpc) is 2.44. The van der Waals surface area contributed by atoms with Crippen molar-refractivity contribution in [3.05, 3.63) is 58.7 Å². The highest BCUT2D eigenvalue weighted by molar-refractivity contribution is 5.95.